The van der Waals surface area contributed by atoms with Crippen molar-refractivity contribution in [3.05, 3.63) is 53.6 Å². The number of carbonyl (C=O) groups is 2. The molecule has 1 amide bonds. The van der Waals surface area contributed by atoms with Crippen LogP contribution in [0.25, 0.3) is 0 Å². The Morgan fingerprint density at radius 2 is 1.88 bits per heavy atom. The first-order chi connectivity index (χ1) is 12.4. The second kappa shape index (κ2) is 8.89. The van der Waals surface area contributed by atoms with E-state index in [1.54, 1.807) is 18.2 Å². The summed E-state index contributed by atoms with van der Waals surface area (Å²) in [5.41, 5.74) is 1.95. The molecule has 0 heterocycles. The van der Waals surface area contributed by atoms with Gasteiger partial charge >= 0.3 is 5.97 Å². The Labute approximate surface area is 153 Å². The number of esters is 1. The van der Waals surface area contributed by atoms with Gasteiger partial charge in [0.2, 0.25) is 0 Å². The van der Waals surface area contributed by atoms with Gasteiger partial charge in [0.15, 0.2) is 17.6 Å². The maximum Gasteiger partial charge on any atom is 0.339 e. The summed E-state index contributed by atoms with van der Waals surface area (Å²) in [6, 6.07) is 12.1. The number of ether oxygens (including phenoxy) is 3. The van der Waals surface area contributed by atoms with Crippen molar-refractivity contribution in [2.24, 2.45) is 0 Å². The van der Waals surface area contributed by atoms with Crippen molar-refractivity contribution in [3.63, 3.8) is 0 Å². The van der Waals surface area contributed by atoms with Gasteiger partial charge in [0.05, 0.1) is 19.3 Å². The third-order valence-electron chi connectivity index (χ3n) is 3.64. The van der Waals surface area contributed by atoms with Crippen molar-refractivity contribution < 1.29 is 23.8 Å². The molecule has 0 aromatic heterocycles. The quantitative estimate of drug-likeness (QED) is 0.767. The molecule has 26 heavy (non-hydrogen) atoms. The number of amides is 1. The largest absolute Gasteiger partial charge is 0.493 e. The van der Waals surface area contributed by atoms with Gasteiger partial charge in [0.1, 0.15) is 0 Å². The fourth-order valence-corrected chi connectivity index (χ4v) is 2.32. The van der Waals surface area contributed by atoms with Crippen molar-refractivity contribution >= 4 is 17.6 Å². The lowest BCUT2D eigenvalue weighted by atomic mass is 10.2. The highest BCUT2D eigenvalue weighted by atomic mass is 16.5. The van der Waals surface area contributed by atoms with Crippen molar-refractivity contribution in [2.75, 3.05) is 19.0 Å². The molecule has 0 bridgehead atoms. The molecular weight excluding hydrogens is 334 g/mol. The van der Waals surface area contributed by atoms with Gasteiger partial charge in [-0.15, -0.1) is 0 Å². The summed E-state index contributed by atoms with van der Waals surface area (Å²) in [5, 5.41) is 2.73. The van der Waals surface area contributed by atoms with Crippen molar-refractivity contribution in [2.45, 2.75) is 26.9 Å². The first kappa shape index (κ1) is 19.3. The molecule has 0 radical (unpaired) electrons. The third kappa shape index (κ3) is 4.99. The Kier molecular flexibility index (Phi) is 6.60. The lowest BCUT2D eigenvalue weighted by Gasteiger charge is -2.15. The van der Waals surface area contributed by atoms with Crippen LogP contribution in [0.2, 0.25) is 0 Å². The highest BCUT2D eigenvalue weighted by molar-refractivity contribution is 5.97. The Hall–Kier alpha value is -3.02. The minimum absolute atomic E-state index is 0.278. The van der Waals surface area contributed by atoms with Crippen molar-refractivity contribution in [3.8, 4) is 11.5 Å². The van der Waals surface area contributed by atoms with Crippen LogP contribution in [0.15, 0.2) is 42.5 Å². The lowest BCUT2D eigenvalue weighted by molar-refractivity contribution is -0.123. The molecule has 0 aliphatic heterocycles. The molecule has 1 atom stereocenters. The van der Waals surface area contributed by atoms with Gasteiger partial charge in [-0.2, -0.15) is 0 Å². The van der Waals surface area contributed by atoms with E-state index in [4.69, 9.17) is 14.2 Å². The van der Waals surface area contributed by atoms with Crippen LogP contribution in [0.3, 0.4) is 0 Å². The van der Waals surface area contributed by atoms with Crippen LogP contribution >= 0.6 is 0 Å². The smallest absolute Gasteiger partial charge is 0.339 e. The van der Waals surface area contributed by atoms with E-state index in [1.807, 2.05) is 32.0 Å². The van der Waals surface area contributed by atoms with Crippen LogP contribution in [-0.4, -0.2) is 31.7 Å². The fourth-order valence-electron chi connectivity index (χ4n) is 2.32. The van der Waals surface area contributed by atoms with Gasteiger partial charge in [-0.25, -0.2) is 4.79 Å². The van der Waals surface area contributed by atoms with E-state index < -0.39 is 18.0 Å². The number of hydrogen-bond donors (Lipinski definition) is 1. The Bertz CT molecular complexity index is 788. The zero-order valence-electron chi connectivity index (χ0n) is 15.4. The van der Waals surface area contributed by atoms with Crippen LogP contribution in [0.1, 0.15) is 29.8 Å². The van der Waals surface area contributed by atoms with Gasteiger partial charge in [-0.05, 0) is 56.7 Å². The summed E-state index contributed by atoms with van der Waals surface area (Å²) in [7, 11) is 1.49. The zero-order chi connectivity index (χ0) is 19.1. The molecular formula is C20H23NO5. The molecule has 2 aromatic rings. The van der Waals surface area contributed by atoms with Crippen molar-refractivity contribution in [1.29, 1.82) is 0 Å². The maximum atomic E-state index is 12.3. The number of aryl methyl sites for hydroxylation is 1. The van der Waals surface area contributed by atoms with Crippen LogP contribution in [0.4, 0.5) is 5.69 Å². The van der Waals surface area contributed by atoms with E-state index in [0.29, 0.717) is 23.8 Å². The van der Waals surface area contributed by atoms with Gasteiger partial charge in [-0.1, -0.05) is 12.1 Å². The molecule has 0 saturated heterocycles. The van der Waals surface area contributed by atoms with Gasteiger partial charge in [0, 0.05) is 5.69 Å². The first-order valence-corrected chi connectivity index (χ1v) is 8.34. The fraction of sp³-hybridized carbons (Fsp3) is 0.300. The monoisotopic (exact) mass is 357 g/mol. The normalized spacial score (nSPS) is 11.4. The molecule has 2 aromatic carbocycles. The molecule has 0 fully saturated rings. The minimum atomic E-state index is -0.944. The summed E-state index contributed by atoms with van der Waals surface area (Å²) in [6.07, 6.45) is -0.944. The summed E-state index contributed by atoms with van der Waals surface area (Å²) >= 11 is 0. The second-order valence-electron chi connectivity index (χ2n) is 5.70. The number of rotatable bonds is 7. The molecule has 0 aliphatic carbocycles. The average Bonchev–Trinajstić information content (AvgIpc) is 2.62. The van der Waals surface area contributed by atoms with Gasteiger partial charge in [0.25, 0.3) is 5.91 Å². The molecule has 0 aliphatic rings. The lowest BCUT2D eigenvalue weighted by Crippen LogP contribution is -2.30. The zero-order valence-corrected chi connectivity index (χ0v) is 15.4. The molecule has 6 nitrogen and oxygen atoms in total. The Morgan fingerprint density at radius 3 is 2.54 bits per heavy atom. The van der Waals surface area contributed by atoms with E-state index >= 15 is 0 Å². The van der Waals surface area contributed by atoms with Crippen LogP contribution in [0, 0.1) is 6.92 Å². The molecule has 138 valence electrons. The number of anilines is 1. The number of hydrogen-bond acceptors (Lipinski definition) is 5. The number of methoxy groups -OCH3 is 1. The van der Waals surface area contributed by atoms with E-state index in [-0.39, 0.29) is 5.56 Å². The topological polar surface area (TPSA) is 73.9 Å². The molecule has 0 spiro atoms. The first-order valence-electron chi connectivity index (χ1n) is 8.34. The summed E-state index contributed by atoms with van der Waals surface area (Å²) in [5.74, 6) is -0.0463. The Balaban J connectivity index is 2.02. The van der Waals surface area contributed by atoms with E-state index in [0.717, 1.165) is 5.56 Å². The molecule has 0 saturated carbocycles. The summed E-state index contributed by atoms with van der Waals surface area (Å²) in [6.45, 7) is 5.79. The third-order valence-corrected chi connectivity index (χ3v) is 3.64. The van der Waals surface area contributed by atoms with Crippen molar-refractivity contribution in [1.82, 2.24) is 0 Å². The maximum absolute atomic E-state index is 12.3. The average molecular weight is 357 g/mol. The molecule has 6 heteroatoms. The minimum Gasteiger partial charge on any atom is -0.493 e. The van der Waals surface area contributed by atoms with Gasteiger partial charge < -0.3 is 19.5 Å². The SMILES string of the molecule is CCOc1ccc(C(=O)O[C@H](C)C(=O)Nc2cccc(C)c2)cc1OC. The predicted octanol–water partition coefficient (Wildman–Crippen LogP) is 3.59. The number of carbonyl (C=O) groups excluding carboxylic acids is 2. The van der Waals surface area contributed by atoms with Crippen LogP contribution < -0.4 is 14.8 Å². The predicted molar refractivity (Wildman–Crippen MR) is 98.8 cm³/mol. The van der Waals surface area contributed by atoms with E-state index in [1.165, 1.54) is 20.1 Å². The molecule has 0 unspecified atom stereocenters. The van der Waals surface area contributed by atoms with Crippen LogP contribution in [0.5, 0.6) is 11.5 Å². The number of benzene rings is 2. The highest BCUT2D eigenvalue weighted by Gasteiger charge is 2.20. The second-order valence-corrected chi connectivity index (χ2v) is 5.70. The highest BCUT2D eigenvalue weighted by Crippen LogP contribution is 2.28. The molecule has 1 N–H and O–H groups in total. The van der Waals surface area contributed by atoms with E-state index in [2.05, 4.69) is 5.32 Å². The molecule has 2 rings (SSSR count). The van der Waals surface area contributed by atoms with Crippen LogP contribution in [-0.2, 0) is 9.53 Å². The van der Waals surface area contributed by atoms with Gasteiger partial charge in [-0.3, -0.25) is 4.79 Å². The standard InChI is InChI=1S/C20H23NO5/c1-5-25-17-10-9-15(12-18(17)24-4)20(23)26-14(3)19(22)21-16-8-6-7-13(2)11-16/h6-12,14H,5H2,1-4H3,(H,21,22)/t14-/m1/s1. The summed E-state index contributed by atoms with van der Waals surface area (Å²) in [4.78, 5) is 24.5. The van der Waals surface area contributed by atoms with E-state index in [9.17, 15) is 9.59 Å². The Morgan fingerprint density at radius 1 is 1.12 bits per heavy atom. The summed E-state index contributed by atoms with van der Waals surface area (Å²) < 4.78 is 15.9. The number of nitrogens with one attached hydrogen (secondary N) is 1.